The molecule has 0 aromatic heterocycles. The second kappa shape index (κ2) is 16.8. The fourth-order valence-electron chi connectivity index (χ4n) is 6.95. The summed E-state index contributed by atoms with van der Waals surface area (Å²) in [4.78, 5) is 0. The monoisotopic (exact) mass is 673 g/mol. The zero-order chi connectivity index (χ0) is 36.3. The van der Waals surface area contributed by atoms with Crippen molar-refractivity contribution in [3.05, 3.63) is 211 Å². The highest BCUT2D eigenvalue weighted by molar-refractivity contribution is 5.86. The van der Waals surface area contributed by atoms with E-state index >= 15 is 0 Å². The van der Waals surface area contributed by atoms with Gasteiger partial charge in [0.25, 0.3) is 0 Å². The summed E-state index contributed by atoms with van der Waals surface area (Å²) in [5.74, 6) is 0. The van der Waals surface area contributed by atoms with Gasteiger partial charge in [-0.25, -0.2) is 0 Å². The minimum Gasteiger partial charge on any atom is -0.333 e. The summed E-state index contributed by atoms with van der Waals surface area (Å²) in [6, 6.07) is 51.4. The highest BCUT2D eigenvalue weighted by Gasteiger charge is 2.35. The lowest BCUT2D eigenvalue weighted by atomic mass is 9.81. The summed E-state index contributed by atoms with van der Waals surface area (Å²) in [5.41, 5.74) is 20.9. The van der Waals surface area contributed by atoms with Gasteiger partial charge >= 0.3 is 0 Å². The van der Waals surface area contributed by atoms with Crippen LogP contribution in [-0.4, -0.2) is 7.05 Å². The molecule has 52 heavy (non-hydrogen) atoms. The van der Waals surface area contributed by atoms with Crippen molar-refractivity contribution in [1.29, 1.82) is 0 Å². The topological polar surface area (TPSA) is 26.0 Å². The van der Waals surface area contributed by atoms with Crippen molar-refractivity contribution in [3.63, 3.8) is 0 Å². The van der Waals surface area contributed by atoms with Crippen molar-refractivity contribution in [1.82, 2.24) is 0 Å². The highest BCUT2D eigenvalue weighted by atomic mass is 14.4. The summed E-state index contributed by atoms with van der Waals surface area (Å²) >= 11 is 0. The molecule has 2 N–H and O–H groups in total. The summed E-state index contributed by atoms with van der Waals surface area (Å²) in [5, 5.41) is 0. The largest absolute Gasteiger partial charge is 0.333 e. The lowest BCUT2D eigenvalue weighted by molar-refractivity contribution is 0.660. The van der Waals surface area contributed by atoms with Crippen LogP contribution in [0.2, 0.25) is 0 Å². The van der Waals surface area contributed by atoms with Gasteiger partial charge in [-0.3, -0.25) is 0 Å². The minimum absolute atomic E-state index is 0.0374. The molecule has 0 unspecified atom stereocenters. The number of benzene rings is 6. The molecule has 1 aliphatic carbocycles. The van der Waals surface area contributed by atoms with Crippen LogP contribution in [0.4, 0.5) is 0 Å². The van der Waals surface area contributed by atoms with Gasteiger partial charge < -0.3 is 5.73 Å². The van der Waals surface area contributed by atoms with Gasteiger partial charge in [0, 0.05) is 5.41 Å². The molecule has 6 aromatic carbocycles. The third-order valence-corrected chi connectivity index (χ3v) is 9.68. The maximum Gasteiger partial charge on any atom is 0.0159 e. The molecule has 0 fully saturated rings. The molecule has 1 aliphatic rings. The Morgan fingerprint density at radius 3 is 1.44 bits per heavy atom. The van der Waals surface area contributed by atoms with Crippen LogP contribution in [0, 0.1) is 0 Å². The van der Waals surface area contributed by atoms with Crippen LogP contribution in [0.1, 0.15) is 37.5 Å². The molecule has 0 amide bonds. The Kier molecular flexibility index (Phi) is 11.6. The third-order valence-electron chi connectivity index (χ3n) is 9.68. The Hall–Kier alpha value is -6.02. The Morgan fingerprint density at radius 2 is 0.827 bits per heavy atom. The normalized spacial score (nSPS) is 13.2. The van der Waals surface area contributed by atoms with Crippen molar-refractivity contribution in [2.75, 3.05) is 7.05 Å². The standard InChI is InChI=1S/C50H42.CH5N/c1-4-5-6-7-8-9-10-11-13-18-37-23-25-39(26-24-37)40-27-29-41(30-28-40)44-33-43(38-19-14-12-15-20-38)34-45(35-44)42-31-32-47-46-21-16-17-22-48(46)50(2,3)49(47)36-42;1-2/h4-36H,1-3H3;2H2,1H3/b5-4-,7-6-,9-8+,11-10-,18-13-;. The molecular formula is C51H47N. The molecule has 1 nitrogen and oxygen atoms in total. The lowest BCUT2D eigenvalue weighted by Crippen LogP contribution is -2.14. The Bertz CT molecular complexity index is 2260. The first-order chi connectivity index (χ1) is 25.5. The predicted molar refractivity (Wildman–Crippen MR) is 227 cm³/mol. The highest BCUT2D eigenvalue weighted by Crippen LogP contribution is 2.49. The van der Waals surface area contributed by atoms with Gasteiger partial charge in [0.2, 0.25) is 0 Å². The van der Waals surface area contributed by atoms with E-state index in [1.807, 2.05) is 49.5 Å². The van der Waals surface area contributed by atoms with Gasteiger partial charge in [-0.05, 0) is 111 Å². The van der Waals surface area contributed by atoms with Crippen molar-refractivity contribution in [2.24, 2.45) is 5.73 Å². The Balaban J connectivity index is 0.00000228. The number of hydrogen-bond donors (Lipinski definition) is 1. The van der Waals surface area contributed by atoms with Crippen molar-refractivity contribution < 1.29 is 0 Å². The van der Waals surface area contributed by atoms with Crippen molar-refractivity contribution >= 4 is 6.08 Å². The fourth-order valence-corrected chi connectivity index (χ4v) is 6.95. The van der Waals surface area contributed by atoms with E-state index in [0.717, 1.165) is 0 Å². The van der Waals surface area contributed by atoms with Gasteiger partial charge in [-0.2, -0.15) is 0 Å². The third kappa shape index (κ3) is 7.97. The maximum absolute atomic E-state index is 4.50. The van der Waals surface area contributed by atoms with E-state index in [4.69, 9.17) is 0 Å². The first-order valence-electron chi connectivity index (χ1n) is 18.0. The SMILES string of the molecule is CN.C\C=C/C=C\C=C\C=C/C=C\c1ccc(-c2ccc(-c3cc(-c4ccccc4)cc(-c4ccc5c(c4)C(C)(C)c4ccccc4-5)c3)cc2)cc1. The number of allylic oxidation sites excluding steroid dienone is 9. The molecular weight excluding hydrogens is 627 g/mol. The molecule has 256 valence electrons. The molecule has 1 heteroatoms. The van der Waals surface area contributed by atoms with E-state index < -0.39 is 0 Å². The van der Waals surface area contributed by atoms with Crippen LogP contribution in [-0.2, 0) is 5.41 Å². The molecule has 0 spiro atoms. The van der Waals surface area contributed by atoms with E-state index in [0.29, 0.717) is 0 Å². The molecule has 0 saturated carbocycles. The fraction of sp³-hybridized carbons (Fsp3) is 0.0980. The molecule has 0 bridgehead atoms. The molecule has 0 heterocycles. The maximum atomic E-state index is 4.50. The summed E-state index contributed by atoms with van der Waals surface area (Å²) in [6.07, 6.45) is 20.4. The molecule has 7 rings (SSSR count). The van der Waals surface area contributed by atoms with Crippen LogP contribution >= 0.6 is 0 Å². The van der Waals surface area contributed by atoms with Crippen molar-refractivity contribution in [2.45, 2.75) is 26.2 Å². The van der Waals surface area contributed by atoms with E-state index in [1.54, 1.807) is 0 Å². The van der Waals surface area contributed by atoms with Gasteiger partial charge in [-0.1, -0.05) is 190 Å². The Labute approximate surface area is 310 Å². The quantitative estimate of drug-likeness (QED) is 0.152. The smallest absolute Gasteiger partial charge is 0.0159 e. The van der Waals surface area contributed by atoms with Gasteiger partial charge in [0.05, 0.1) is 0 Å². The van der Waals surface area contributed by atoms with Crippen LogP contribution in [0.25, 0.3) is 61.7 Å². The van der Waals surface area contributed by atoms with E-state index in [1.165, 1.54) is 79.4 Å². The Morgan fingerprint density at radius 1 is 0.385 bits per heavy atom. The first-order valence-corrected chi connectivity index (χ1v) is 18.0. The van der Waals surface area contributed by atoms with E-state index in [2.05, 4.69) is 177 Å². The predicted octanol–water partition coefficient (Wildman–Crippen LogP) is 13.5. The van der Waals surface area contributed by atoms with Crippen LogP contribution < -0.4 is 5.73 Å². The van der Waals surface area contributed by atoms with Gasteiger partial charge in [0.15, 0.2) is 0 Å². The van der Waals surface area contributed by atoms with Gasteiger partial charge in [-0.15, -0.1) is 0 Å². The van der Waals surface area contributed by atoms with Crippen molar-refractivity contribution in [3.8, 4) is 55.6 Å². The molecule has 6 aromatic rings. The zero-order valence-corrected chi connectivity index (χ0v) is 30.6. The summed E-state index contributed by atoms with van der Waals surface area (Å²) < 4.78 is 0. The van der Waals surface area contributed by atoms with Crippen LogP contribution in [0.5, 0.6) is 0 Å². The number of nitrogens with two attached hydrogens (primary N) is 1. The van der Waals surface area contributed by atoms with E-state index in [9.17, 15) is 0 Å². The molecule has 0 saturated heterocycles. The molecule has 0 atom stereocenters. The second-order valence-electron chi connectivity index (χ2n) is 13.3. The van der Waals surface area contributed by atoms with E-state index in [-0.39, 0.29) is 5.41 Å². The summed E-state index contributed by atoms with van der Waals surface area (Å²) in [7, 11) is 1.50. The van der Waals surface area contributed by atoms with Crippen LogP contribution in [0.3, 0.4) is 0 Å². The number of rotatable bonds is 9. The lowest BCUT2D eigenvalue weighted by Gasteiger charge is -2.22. The first kappa shape index (κ1) is 35.8. The van der Waals surface area contributed by atoms with Crippen LogP contribution in [0.15, 0.2) is 194 Å². The zero-order valence-electron chi connectivity index (χ0n) is 30.6. The number of fused-ring (bicyclic) bond motifs is 3. The second-order valence-corrected chi connectivity index (χ2v) is 13.3. The molecule has 0 aliphatic heterocycles. The average Bonchev–Trinajstić information content (AvgIpc) is 3.44. The minimum atomic E-state index is -0.0374. The van der Waals surface area contributed by atoms with Gasteiger partial charge in [0.1, 0.15) is 0 Å². The average molecular weight is 674 g/mol. The molecule has 0 radical (unpaired) electrons. The number of hydrogen-bond acceptors (Lipinski definition) is 1. The summed E-state index contributed by atoms with van der Waals surface area (Å²) in [6.45, 7) is 6.71.